The molecule has 1 aromatic carbocycles. The van der Waals surface area contributed by atoms with Gasteiger partial charge in [0, 0.05) is 11.4 Å². The third-order valence-corrected chi connectivity index (χ3v) is 4.14. The molecule has 2 heterocycles. The van der Waals surface area contributed by atoms with Crippen molar-refractivity contribution in [1.29, 1.82) is 0 Å². The van der Waals surface area contributed by atoms with E-state index in [0.29, 0.717) is 23.0 Å². The largest absolute Gasteiger partial charge is 0.493 e. The lowest BCUT2D eigenvalue weighted by atomic mass is 10.3. The lowest BCUT2D eigenvalue weighted by Crippen LogP contribution is -1.99. The molecule has 0 N–H and O–H groups in total. The van der Waals surface area contributed by atoms with Gasteiger partial charge in [-0.05, 0) is 25.1 Å². The van der Waals surface area contributed by atoms with Crippen LogP contribution in [0, 0.1) is 17.0 Å². The molecule has 0 aliphatic carbocycles. The average molecular weight is 346 g/mol. The first-order valence-corrected chi connectivity index (χ1v) is 7.91. The van der Waals surface area contributed by atoms with Crippen LogP contribution in [0.2, 0.25) is 0 Å². The summed E-state index contributed by atoms with van der Waals surface area (Å²) < 4.78 is 16.3. The molecule has 8 heteroatoms. The lowest BCUT2D eigenvalue weighted by molar-refractivity contribution is -0.385. The lowest BCUT2D eigenvalue weighted by Gasteiger charge is -2.09. The first-order chi connectivity index (χ1) is 11.6. The molecule has 0 bridgehead atoms. The van der Waals surface area contributed by atoms with Gasteiger partial charge in [0.1, 0.15) is 12.4 Å². The number of nitrogens with zero attached hydrogens (tertiary/aromatic N) is 2. The van der Waals surface area contributed by atoms with E-state index < -0.39 is 4.92 Å². The van der Waals surface area contributed by atoms with Gasteiger partial charge in [-0.25, -0.2) is 4.98 Å². The highest BCUT2D eigenvalue weighted by Gasteiger charge is 2.14. The quantitative estimate of drug-likeness (QED) is 0.491. The molecular weight excluding hydrogens is 332 g/mol. The zero-order valence-electron chi connectivity index (χ0n) is 13.0. The van der Waals surface area contributed by atoms with E-state index in [0.717, 1.165) is 10.8 Å². The molecule has 0 spiro atoms. The van der Waals surface area contributed by atoms with E-state index in [4.69, 9.17) is 13.9 Å². The van der Waals surface area contributed by atoms with Crippen molar-refractivity contribution in [2.75, 3.05) is 7.11 Å². The molecule has 124 valence electrons. The van der Waals surface area contributed by atoms with Gasteiger partial charge in [-0.1, -0.05) is 0 Å². The van der Waals surface area contributed by atoms with Gasteiger partial charge in [0.05, 0.1) is 23.8 Å². The molecule has 0 unspecified atom stereocenters. The van der Waals surface area contributed by atoms with E-state index >= 15 is 0 Å². The van der Waals surface area contributed by atoms with Gasteiger partial charge in [-0.15, -0.1) is 11.3 Å². The number of aromatic nitrogens is 1. The number of thiazole rings is 1. The smallest absolute Gasteiger partial charge is 0.273 e. The van der Waals surface area contributed by atoms with E-state index in [1.165, 1.54) is 36.6 Å². The molecule has 0 aliphatic rings. The molecule has 2 aromatic heterocycles. The number of furan rings is 1. The number of ether oxygens (including phenoxy) is 2. The monoisotopic (exact) mass is 346 g/mol. The van der Waals surface area contributed by atoms with Gasteiger partial charge in [0.25, 0.3) is 5.69 Å². The molecule has 0 amide bonds. The summed E-state index contributed by atoms with van der Waals surface area (Å²) in [5, 5.41) is 13.5. The number of hydrogen-bond donors (Lipinski definition) is 0. The van der Waals surface area contributed by atoms with Crippen molar-refractivity contribution in [3.63, 3.8) is 0 Å². The number of aryl methyl sites for hydroxylation is 1. The molecule has 0 fully saturated rings. The Morgan fingerprint density at radius 1 is 1.29 bits per heavy atom. The molecule has 3 aromatic rings. The normalized spacial score (nSPS) is 10.6. The summed E-state index contributed by atoms with van der Waals surface area (Å²) in [6.07, 6.45) is 0. The Kier molecular flexibility index (Phi) is 4.48. The van der Waals surface area contributed by atoms with Crippen molar-refractivity contribution in [1.82, 2.24) is 4.98 Å². The number of non-ortho nitro benzene ring substituents is 1. The van der Waals surface area contributed by atoms with Crippen LogP contribution >= 0.6 is 11.3 Å². The van der Waals surface area contributed by atoms with E-state index in [1.54, 1.807) is 0 Å². The second-order valence-corrected chi connectivity index (χ2v) is 5.79. The van der Waals surface area contributed by atoms with Crippen LogP contribution in [0.1, 0.15) is 11.5 Å². The van der Waals surface area contributed by atoms with Crippen molar-refractivity contribution in [3.05, 3.63) is 57.3 Å². The average Bonchev–Trinajstić information content (AvgIpc) is 3.21. The van der Waals surface area contributed by atoms with Crippen molar-refractivity contribution >= 4 is 17.0 Å². The van der Waals surface area contributed by atoms with Crippen molar-refractivity contribution in [2.24, 2.45) is 0 Å². The van der Waals surface area contributed by atoms with E-state index in [9.17, 15) is 10.1 Å². The van der Waals surface area contributed by atoms with Crippen molar-refractivity contribution in [2.45, 2.75) is 13.5 Å². The number of hydrogen-bond acceptors (Lipinski definition) is 7. The Hall–Kier alpha value is -2.87. The fourth-order valence-corrected chi connectivity index (χ4v) is 2.84. The van der Waals surface area contributed by atoms with Crippen molar-refractivity contribution < 1.29 is 18.8 Å². The van der Waals surface area contributed by atoms with Crippen LogP contribution in [0.5, 0.6) is 11.5 Å². The molecule has 7 nitrogen and oxygen atoms in total. The van der Waals surface area contributed by atoms with Gasteiger partial charge >= 0.3 is 0 Å². The Morgan fingerprint density at radius 2 is 2.12 bits per heavy atom. The molecule has 0 saturated carbocycles. The van der Waals surface area contributed by atoms with Crippen LogP contribution in [0.25, 0.3) is 10.8 Å². The Bertz CT molecular complexity index is 871. The maximum Gasteiger partial charge on any atom is 0.273 e. The molecule has 0 radical (unpaired) electrons. The van der Waals surface area contributed by atoms with Crippen LogP contribution < -0.4 is 9.47 Å². The standard InChI is InChI=1S/C16H14N2O5S/c1-10-3-5-14(23-10)16-17-11(9-24-16)8-22-15-7-12(18(19)20)4-6-13(15)21-2/h3-7,9H,8H2,1-2H3. The number of nitro benzene ring substituents is 1. The van der Waals surface area contributed by atoms with Crippen LogP contribution in [0.4, 0.5) is 5.69 Å². The van der Waals surface area contributed by atoms with Gasteiger partial charge in [-0.2, -0.15) is 0 Å². The summed E-state index contributed by atoms with van der Waals surface area (Å²) in [6.45, 7) is 2.05. The highest BCUT2D eigenvalue weighted by atomic mass is 32.1. The number of methoxy groups -OCH3 is 1. The molecule has 0 saturated heterocycles. The van der Waals surface area contributed by atoms with Crippen LogP contribution in [-0.4, -0.2) is 17.0 Å². The molecular formula is C16H14N2O5S. The third kappa shape index (κ3) is 3.38. The maximum absolute atomic E-state index is 10.9. The fourth-order valence-electron chi connectivity index (χ4n) is 2.08. The highest BCUT2D eigenvalue weighted by Crippen LogP contribution is 2.32. The number of rotatable bonds is 6. The second-order valence-electron chi connectivity index (χ2n) is 4.94. The van der Waals surface area contributed by atoms with Gasteiger partial charge in [-0.3, -0.25) is 10.1 Å². The van der Waals surface area contributed by atoms with E-state index in [2.05, 4.69) is 4.98 Å². The Morgan fingerprint density at radius 3 is 2.79 bits per heavy atom. The highest BCUT2D eigenvalue weighted by molar-refractivity contribution is 7.13. The Labute approximate surface area is 141 Å². The molecule has 0 atom stereocenters. The minimum Gasteiger partial charge on any atom is -0.493 e. The summed E-state index contributed by atoms with van der Waals surface area (Å²) in [7, 11) is 1.48. The van der Waals surface area contributed by atoms with Crippen LogP contribution in [0.15, 0.2) is 40.1 Å². The predicted molar refractivity (Wildman–Crippen MR) is 88.5 cm³/mol. The van der Waals surface area contributed by atoms with Crippen LogP contribution in [0.3, 0.4) is 0 Å². The predicted octanol–water partition coefficient (Wildman–Crippen LogP) is 4.21. The van der Waals surface area contributed by atoms with Gasteiger partial charge in [0.2, 0.25) is 0 Å². The second kappa shape index (κ2) is 6.71. The van der Waals surface area contributed by atoms with E-state index in [-0.39, 0.29) is 12.3 Å². The Balaban J connectivity index is 1.75. The molecule has 3 rings (SSSR count). The minimum absolute atomic E-state index is 0.0594. The summed E-state index contributed by atoms with van der Waals surface area (Å²) >= 11 is 1.44. The van der Waals surface area contributed by atoms with Crippen LogP contribution in [-0.2, 0) is 6.61 Å². The third-order valence-electron chi connectivity index (χ3n) is 3.24. The number of nitro groups is 1. The molecule has 24 heavy (non-hydrogen) atoms. The van der Waals surface area contributed by atoms with Gasteiger partial charge in [0.15, 0.2) is 22.3 Å². The summed E-state index contributed by atoms with van der Waals surface area (Å²) in [4.78, 5) is 14.8. The van der Waals surface area contributed by atoms with Gasteiger partial charge < -0.3 is 13.9 Å². The zero-order valence-corrected chi connectivity index (χ0v) is 13.8. The minimum atomic E-state index is -0.480. The molecule has 0 aliphatic heterocycles. The first-order valence-electron chi connectivity index (χ1n) is 7.03. The topological polar surface area (TPSA) is 87.6 Å². The fraction of sp³-hybridized carbons (Fsp3) is 0.188. The summed E-state index contributed by atoms with van der Waals surface area (Å²) in [5.41, 5.74) is 0.647. The SMILES string of the molecule is COc1ccc([N+](=O)[O-])cc1OCc1csc(-c2ccc(C)o2)n1. The first kappa shape index (κ1) is 16.0. The summed E-state index contributed by atoms with van der Waals surface area (Å²) in [6, 6.07) is 7.95. The summed E-state index contributed by atoms with van der Waals surface area (Å²) in [5.74, 6) is 2.25. The van der Waals surface area contributed by atoms with Crippen molar-refractivity contribution in [3.8, 4) is 22.3 Å². The zero-order chi connectivity index (χ0) is 17.1. The number of benzene rings is 1. The maximum atomic E-state index is 10.9. The van der Waals surface area contributed by atoms with E-state index in [1.807, 2.05) is 24.4 Å².